The number of piperidine rings is 1. The maximum atomic E-state index is 12.8. The fourth-order valence-electron chi connectivity index (χ4n) is 5.76. The quantitative estimate of drug-likeness (QED) is 0.455. The summed E-state index contributed by atoms with van der Waals surface area (Å²) in [7, 11) is 0. The first kappa shape index (κ1) is 25.9. The molecule has 1 amide bonds. The molecule has 0 saturated carbocycles. The average Bonchev–Trinajstić information content (AvgIpc) is 3.52. The Morgan fingerprint density at radius 1 is 0.974 bits per heavy atom. The fourth-order valence-corrected chi connectivity index (χ4v) is 6.06. The molecule has 0 aliphatic carbocycles. The Labute approximate surface area is 233 Å². The average molecular weight is 553 g/mol. The van der Waals surface area contributed by atoms with Gasteiger partial charge >= 0.3 is 6.09 Å². The molecule has 9 nitrogen and oxygen atoms in total. The molecule has 206 valence electrons. The van der Waals surface area contributed by atoms with E-state index in [0.29, 0.717) is 28.3 Å². The minimum absolute atomic E-state index is 0.218. The van der Waals surface area contributed by atoms with Crippen LogP contribution in [0.2, 0.25) is 5.02 Å². The van der Waals surface area contributed by atoms with Crippen molar-refractivity contribution in [1.29, 1.82) is 0 Å². The van der Waals surface area contributed by atoms with Gasteiger partial charge in [0.25, 0.3) is 0 Å². The molecule has 0 atom stereocenters. The summed E-state index contributed by atoms with van der Waals surface area (Å²) in [6, 6.07) is 13.8. The second kappa shape index (κ2) is 11.0. The van der Waals surface area contributed by atoms with Crippen molar-refractivity contribution in [1.82, 2.24) is 9.47 Å². The first-order valence-corrected chi connectivity index (χ1v) is 13.8. The van der Waals surface area contributed by atoms with Crippen molar-refractivity contribution < 1.29 is 23.7 Å². The summed E-state index contributed by atoms with van der Waals surface area (Å²) in [6.07, 6.45) is 1.64. The van der Waals surface area contributed by atoms with E-state index in [4.69, 9.17) is 30.5 Å². The number of fused-ring (bicyclic) bond motifs is 1. The monoisotopic (exact) mass is 552 g/mol. The number of anilines is 2. The second-order valence-corrected chi connectivity index (χ2v) is 10.6. The lowest BCUT2D eigenvalue weighted by Gasteiger charge is -2.41. The molecule has 1 N–H and O–H groups in total. The predicted molar refractivity (Wildman–Crippen MR) is 150 cm³/mol. The topological polar surface area (TPSA) is 77.4 Å². The van der Waals surface area contributed by atoms with Crippen LogP contribution in [0.25, 0.3) is 5.69 Å². The normalized spacial score (nSPS) is 17.9. The van der Waals surface area contributed by atoms with Crippen molar-refractivity contribution in [2.75, 3.05) is 56.4 Å². The molecular weight excluding hydrogens is 520 g/mol. The third kappa shape index (κ3) is 5.39. The number of carbonyl (C=O) groups is 1. The molecule has 2 aromatic carbocycles. The molecule has 3 aromatic rings. The van der Waals surface area contributed by atoms with E-state index < -0.39 is 6.09 Å². The first-order valence-electron chi connectivity index (χ1n) is 13.4. The number of aromatic nitrogens is 1. The number of morpholine rings is 1. The Kier molecular flexibility index (Phi) is 7.29. The Bertz CT molecular complexity index is 1360. The molecular formula is C29H33ClN4O5. The lowest BCUT2D eigenvalue weighted by molar-refractivity contribution is 0.0115. The maximum Gasteiger partial charge on any atom is 0.417 e. The summed E-state index contributed by atoms with van der Waals surface area (Å²) in [6.45, 7) is 9.69. The second-order valence-electron chi connectivity index (χ2n) is 10.2. The Morgan fingerprint density at radius 2 is 1.74 bits per heavy atom. The number of amides is 1. The van der Waals surface area contributed by atoms with Gasteiger partial charge in [-0.05, 0) is 57.0 Å². The number of hydrogen-bond acceptors (Lipinski definition) is 7. The highest BCUT2D eigenvalue weighted by Crippen LogP contribution is 2.36. The number of rotatable bonds is 5. The highest BCUT2D eigenvalue weighted by Gasteiger charge is 2.27. The smallest absolute Gasteiger partial charge is 0.417 e. The van der Waals surface area contributed by atoms with Crippen LogP contribution in [0.4, 0.5) is 16.2 Å². The summed E-state index contributed by atoms with van der Waals surface area (Å²) in [5.74, 6) is 1.90. The lowest BCUT2D eigenvalue weighted by atomic mass is 10.0. The maximum absolute atomic E-state index is 12.8. The van der Waals surface area contributed by atoms with Gasteiger partial charge in [-0.2, -0.15) is 0 Å². The van der Waals surface area contributed by atoms with Crippen LogP contribution in [0.15, 0.2) is 42.5 Å². The van der Waals surface area contributed by atoms with E-state index in [1.807, 2.05) is 54.8 Å². The van der Waals surface area contributed by atoms with Gasteiger partial charge in [-0.3, -0.25) is 10.2 Å². The standard InChI is InChI=1S/C29H33ClN4O5/c1-19-15-27(20(2)34(19)23-4-6-26-28(17-23)38-18-37-26)39-29(35)31-21-3-5-25(24(30)16-21)33-9-7-22(8-10-33)32-11-13-36-14-12-32/h3-6,15-17,22H,7-14,18H2,1-2H3,(H,31,35). The van der Waals surface area contributed by atoms with Gasteiger partial charge in [0.2, 0.25) is 6.79 Å². The largest absolute Gasteiger partial charge is 0.454 e. The molecule has 0 unspecified atom stereocenters. The van der Waals surface area contributed by atoms with Gasteiger partial charge in [0, 0.05) is 61.4 Å². The Hall–Kier alpha value is -3.40. The van der Waals surface area contributed by atoms with Crippen LogP contribution < -0.4 is 24.4 Å². The molecule has 0 spiro atoms. The number of nitrogens with zero attached hydrogens (tertiary/aromatic N) is 3. The molecule has 0 bridgehead atoms. The molecule has 3 aliphatic heterocycles. The van der Waals surface area contributed by atoms with Crippen molar-refractivity contribution in [3.8, 4) is 22.9 Å². The zero-order valence-corrected chi connectivity index (χ0v) is 23.0. The molecule has 1 aromatic heterocycles. The van der Waals surface area contributed by atoms with Gasteiger partial charge in [-0.1, -0.05) is 11.6 Å². The van der Waals surface area contributed by atoms with Crippen molar-refractivity contribution in [3.63, 3.8) is 0 Å². The van der Waals surface area contributed by atoms with E-state index in [1.165, 1.54) is 0 Å². The summed E-state index contributed by atoms with van der Waals surface area (Å²) in [4.78, 5) is 17.7. The van der Waals surface area contributed by atoms with Crippen LogP contribution in [-0.2, 0) is 4.74 Å². The van der Waals surface area contributed by atoms with Crippen LogP contribution in [0.3, 0.4) is 0 Å². The molecule has 0 radical (unpaired) electrons. The highest BCUT2D eigenvalue weighted by atomic mass is 35.5. The summed E-state index contributed by atoms with van der Waals surface area (Å²) in [5.41, 5.74) is 4.21. The number of ether oxygens (including phenoxy) is 4. The third-order valence-electron chi connectivity index (χ3n) is 7.76. The molecule has 6 rings (SSSR count). The molecule has 2 saturated heterocycles. The highest BCUT2D eigenvalue weighted by molar-refractivity contribution is 6.33. The van der Waals surface area contributed by atoms with E-state index in [-0.39, 0.29) is 6.79 Å². The number of benzene rings is 2. The summed E-state index contributed by atoms with van der Waals surface area (Å²) >= 11 is 6.67. The fraction of sp³-hybridized carbons (Fsp3) is 0.414. The number of aryl methyl sites for hydroxylation is 1. The molecule has 39 heavy (non-hydrogen) atoms. The zero-order chi connectivity index (χ0) is 26.9. The van der Waals surface area contributed by atoms with Gasteiger partial charge < -0.3 is 28.4 Å². The lowest BCUT2D eigenvalue weighted by Crippen LogP contribution is -2.49. The minimum Gasteiger partial charge on any atom is -0.454 e. The van der Waals surface area contributed by atoms with Gasteiger partial charge in [0.15, 0.2) is 17.2 Å². The van der Waals surface area contributed by atoms with Gasteiger partial charge in [0.05, 0.1) is 29.6 Å². The minimum atomic E-state index is -0.573. The van der Waals surface area contributed by atoms with Crippen molar-refractivity contribution in [2.24, 2.45) is 0 Å². The zero-order valence-electron chi connectivity index (χ0n) is 22.2. The van der Waals surface area contributed by atoms with E-state index in [9.17, 15) is 4.79 Å². The van der Waals surface area contributed by atoms with Crippen LogP contribution in [0.1, 0.15) is 24.2 Å². The third-order valence-corrected chi connectivity index (χ3v) is 8.07. The van der Waals surface area contributed by atoms with E-state index in [2.05, 4.69) is 15.1 Å². The van der Waals surface area contributed by atoms with Crippen LogP contribution in [0.5, 0.6) is 17.2 Å². The van der Waals surface area contributed by atoms with Gasteiger partial charge in [-0.15, -0.1) is 0 Å². The van der Waals surface area contributed by atoms with Crippen molar-refractivity contribution >= 4 is 29.1 Å². The SMILES string of the molecule is Cc1cc(OC(=O)Nc2ccc(N3CCC(N4CCOCC4)CC3)c(Cl)c2)c(C)n1-c1ccc2c(c1)OCO2. The van der Waals surface area contributed by atoms with E-state index in [1.54, 1.807) is 6.07 Å². The van der Waals surface area contributed by atoms with Crippen molar-refractivity contribution in [2.45, 2.75) is 32.7 Å². The van der Waals surface area contributed by atoms with Crippen molar-refractivity contribution in [3.05, 3.63) is 58.9 Å². The van der Waals surface area contributed by atoms with Crippen LogP contribution in [0, 0.1) is 13.8 Å². The molecule has 10 heteroatoms. The van der Waals surface area contributed by atoms with E-state index in [0.717, 1.165) is 80.7 Å². The summed E-state index contributed by atoms with van der Waals surface area (Å²) in [5, 5.41) is 3.42. The molecule has 3 aliphatic rings. The first-order chi connectivity index (χ1) is 19.0. The molecule has 4 heterocycles. The predicted octanol–water partition coefficient (Wildman–Crippen LogP) is 5.39. The van der Waals surface area contributed by atoms with E-state index >= 15 is 0 Å². The summed E-state index contributed by atoms with van der Waals surface area (Å²) < 4.78 is 24.1. The van der Waals surface area contributed by atoms with Crippen LogP contribution >= 0.6 is 11.6 Å². The Balaban J connectivity index is 1.08. The number of nitrogens with one attached hydrogen (secondary N) is 1. The molecule has 2 fully saturated rings. The Morgan fingerprint density at radius 3 is 2.51 bits per heavy atom. The van der Waals surface area contributed by atoms with Gasteiger partial charge in [-0.25, -0.2) is 4.79 Å². The number of halogens is 1. The number of hydrogen-bond donors (Lipinski definition) is 1. The number of carbonyl (C=O) groups excluding carboxylic acids is 1. The van der Waals surface area contributed by atoms with Crippen LogP contribution in [-0.4, -0.2) is 67.8 Å². The van der Waals surface area contributed by atoms with Gasteiger partial charge in [0.1, 0.15) is 0 Å².